The highest BCUT2D eigenvalue weighted by molar-refractivity contribution is 7.99. The summed E-state index contributed by atoms with van der Waals surface area (Å²) in [6, 6.07) is 3.76. The molecule has 3 aromatic rings. The van der Waals surface area contributed by atoms with E-state index in [2.05, 4.69) is 15.6 Å². The number of aromatic nitrogens is 2. The number of aryl methyl sites for hydroxylation is 2. The second-order valence-electron chi connectivity index (χ2n) is 7.39. The molecule has 0 saturated carbocycles. The molecule has 2 N–H and O–H groups in total. The maximum Gasteiger partial charge on any atom is 0.416 e. The Morgan fingerprint density at radius 1 is 1.24 bits per heavy atom. The number of hydrogen-bond acceptors (Lipinski definition) is 6. The number of carbonyl (C=O) groups excluding carboxylic acids is 2. The molecule has 1 aliphatic rings. The second-order valence-corrected chi connectivity index (χ2v) is 9.42. The molecule has 1 aliphatic carbocycles. The van der Waals surface area contributed by atoms with E-state index in [1.54, 1.807) is 0 Å². The van der Waals surface area contributed by atoms with Crippen molar-refractivity contribution in [2.24, 2.45) is 0 Å². The number of amides is 3. The van der Waals surface area contributed by atoms with Crippen molar-refractivity contribution in [1.29, 1.82) is 0 Å². The fraction of sp³-hybridized carbons (Fsp3) is 0.333. The van der Waals surface area contributed by atoms with Crippen LogP contribution in [0.4, 0.5) is 18.0 Å². The normalized spacial score (nSPS) is 13.6. The van der Waals surface area contributed by atoms with Crippen molar-refractivity contribution >= 4 is 45.3 Å². The van der Waals surface area contributed by atoms with Crippen molar-refractivity contribution in [1.82, 2.24) is 20.2 Å². The summed E-state index contributed by atoms with van der Waals surface area (Å²) in [5.74, 6) is -0.884. The Morgan fingerprint density at radius 3 is 2.73 bits per heavy atom. The summed E-state index contributed by atoms with van der Waals surface area (Å²) < 4.78 is 41.1. The number of halogens is 3. The molecule has 174 valence electrons. The maximum atomic E-state index is 13.6. The monoisotopic (exact) mass is 496 g/mol. The van der Waals surface area contributed by atoms with Gasteiger partial charge in [-0.25, -0.2) is 9.78 Å². The zero-order valence-electron chi connectivity index (χ0n) is 17.4. The summed E-state index contributed by atoms with van der Waals surface area (Å²) in [5.41, 5.74) is -0.442. The van der Waals surface area contributed by atoms with Gasteiger partial charge in [0.25, 0.3) is 5.56 Å². The highest BCUT2D eigenvalue weighted by Crippen LogP contribution is 2.36. The predicted octanol–water partition coefficient (Wildman–Crippen LogP) is 3.89. The number of rotatable bonds is 4. The summed E-state index contributed by atoms with van der Waals surface area (Å²) in [7, 11) is 1.36. The SMILES string of the molecule is CNC(=O)NC(=O)CSc1nc2sc3c(c2c(=O)n1-c1cccc(C(F)(F)F)c1)CCCC3. The number of nitrogens with one attached hydrogen (secondary N) is 2. The first kappa shape index (κ1) is 23.3. The van der Waals surface area contributed by atoms with E-state index in [4.69, 9.17) is 0 Å². The zero-order chi connectivity index (χ0) is 23.8. The first-order valence-electron chi connectivity index (χ1n) is 10.1. The smallest absolute Gasteiger partial charge is 0.341 e. The Hall–Kier alpha value is -2.86. The van der Waals surface area contributed by atoms with Gasteiger partial charge in [-0.3, -0.25) is 19.5 Å². The molecule has 1 aromatic carbocycles. The molecule has 0 saturated heterocycles. The van der Waals surface area contributed by atoms with Gasteiger partial charge in [-0.05, 0) is 49.4 Å². The van der Waals surface area contributed by atoms with Gasteiger partial charge in [0.15, 0.2) is 5.16 Å². The molecule has 4 rings (SSSR count). The van der Waals surface area contributed by atoms with Crippen LogP contribution in [0.3, 0.4) is 0 Å². The van der Waals surface area contributed by atoms with Gasteiger partial charge in [-0.15, -0.1) is 11.3 Å². The van der Waals surface area contributed by atoms with E-state index in [0.717, 1.165) is 64.6 Å². The number of benzene rings is 1. The minimum Gasteiger partial charge on any atom is -0.341 e. The second kappa shape index (κ2) is 9.18. The number of thiophene rings is 1. The third-order valence-electron chi connectivity index (χ3n) is 5.20. The maximum absolute atomic E-state index is 13.6. The molecular weight excluding hydrogens is 477 g/mol. The number of urea groups is 1. The van der Waals surface area contributed by atoms with Crippen molar-refractivity contribution in [3.63, 3.8) is 0 Å². The van der Waals surface area contributed by atoms with Crippen molar-refractivity contribution < 1.29 is 22.8 Å². The molecule has 0 bridgehead atoms. The number of hydrogen-bond donors (Lipinski definition) is 2. The quantitative estimate of drug-likeness (QED) is 0.422. The third-order valence-corrected chi connectivity index (χ3v) is 7.33. The van der Waals surface area contributed by atoms with Gasteiger partial charge in [-0.2, -0.15) is 13.2 Å². The van der Waals surface area contributed by atoms with Gasteiger partial charge in [0, 0.05) is 11.9 Å². The molecule has 0 fully saturated rings. The van der Waals surface area contributed by atoms with Crippen LogP contribution in [0, 0.1) is 0 Å². The summed E-state index contributed by atoms with van der Waals surface area (Å²) >= 11 is 2.28. The Labute approximate surface area is 194 Å². The summed E-state index contributed by atoms with van der Waals surface area (Å²) in [6.45, 7) is 0. The van der Waals surface area contributed by atoms with Crippen LogP contribution in [0.25, 0.3) is 15.9 Å². The minimum absolute atomic E-state index is 0.00851. The lowest BCUT2D eigenvalue weighted by Crippen LogP contribution is -2.38. The minimum atomic E-state index is -4.58. The van der Waals surface area contributed by atoms with Gasteiger partial charge < -0.3 is 5.32 Å². The summed E-state index contributed by atoms with van der Waals surface area (Å²) in [5, 5.41) is 4.87. The lowest BCUT2D eigenvalue weighted by molar-refractivity contribution is -0.137. The van der Waals surface area contributed by atoms with Gasteiger partial charge in [-0.1, -0.05) is 17.8 Å². The molecule has 0 spiro atoms. The van der Waals surface area contributed by atoms with Crippen molar-refractivity contribution in [3.05, 3.63) is 50.6 Å². The standard InChI is InChI=1S/C21H19F3N4O3S2/c1-25-19(31)26-15(29)10-32-20-27-17-16(13-7-2-3-8-14(13)33-17)18(30)28(20)12-6-4-5-11(9-12)21(22,23)24/h4-6,9H,2-3,7-8,10H2,1H3,(H2,25,26,29,31). The highest BCUT2D eigenvalue weighted by atomic mass is 32.2. The molecule has 0 unspecified atom stereocenters. The van der Waals surface area contributed by atoms with Crippen LogP contribution in [0.1, 0.15) is 28.8 Å². The summed E-state index contributed by atoms with van der Waals surface area (Å²) in [4.78, 5) is 43.2. The molecule has 7 nitrogen and oxygen atoms in total. The fourth-order valence-electron chi connectivity index (χ4n) is 3.69. The van der Waals surface area contributed by atoms with Crippen molar-refractivity contribution in [2.75, 3.05) is 12.8 Å². The highest BCUT2D eigenvalue weighted by Gasteiger charge is 2.31. The van der Waals surface area contributed by atoms with Crippen LogP contribution in [-0.4, -0.2) is 34.3 Å². The van der Waals surface area contributed by atoms with E-state index in [0.29, 0.717) is 10.2 Å². The van der Waals surface area contributed by atoms with Crippen LogP contribution in [0.5, 0.6) is 0 Å². The van der Waals surface area contributed by atoms with Gasteiger partial charge in [0.1, 0.15) is 4.83 Å². The molecular formula is C21H19F3N4O3S2. The number of thioether (sulfide) groups is 1. The first-order chi connectivity index (χ1) is 15.7. The van der Waals surface area contributed by atoms with Crippen LogP contribution >= 0.6 is 23.1 Å². The number of carbonyl (C=O) groups is 2. The van der Waals surface area contributed by atoms with Gasteiger partial charge in [0.05, 0.1) is 22.4 Å². The zero-order valence-corrected chi connectivity index (χ0v) is 19.0. The van der Waals surface area contributed by atoms with E-state index < -0.39 is 29.2 Å². The molecule has 12 heteroatoms. The van der Waals surface area contributed by atoms with E-state index in [9.17, 15) is 27.6 Å². The van der Waals surface area contributed by atoms with Crippen LogP contribution in [-0.2, 0) is 23.8 Å². The van der Waals surface area contributed by atoms with Crippen LogP contribution in [0.2, 0.25) is 0 Å². The Bertz CT molecular complexity index is 1300. The Balaban J connectivity index is 1.84. The molecule has 2 aromatic heterocycles. The number of alkyl halides is 3. The Morgan fingerprint density at radius 2 is 2.00 bits per heavy atom. The van der Waals surface area contributed by atoms with Crippen LogP contribution < -0.4 is 16.2 Å². The number of imide groups is 1. The third kappa shape index (κ3) is 4.76. The molecule has 0 aliphatic heterocycles. The predicted molar refractivity (Wildman–Crippen MR) is 120 cm³/mol. The first-order valence-corrected chi connectivity index (χ1v) is 11.9. The van der Waals surface area contributed by atoms with E-state index in [1.165, 1.54) is 30.5 Å². The van der Waals surface area contributed by atoms with Gasteiger partial charge >= 0.3 is 12.2 Å². The molecule has 33 heavy (non-hydrogen) atoms. The fourth-order valence-corrected chi connectivity index (χ4v) is 5.80. The molecule has 0 radical (unpaired) electrons. The largest absolute Gasteiger partial charge is 0.416 e. The summed E-state index contributed by atoms with van der Waals surface area (Å²) in [6.07, 6.45) is -1.10. The average Bonchev–Trinajstić information content (AvgIpc) is 3.15. The van der Waals surface area contributed by atoms with E-state index in [-0.39, 0.29) is 16.6 Å². The lowest BCUT2D eigenvalue weighted by atomic mass is 9.97. The van der Waals surface area contributed by atoms with E-state index >= 15 is 0 Å². The lowest BCUT2D eigenvalue weighted by Gasteiger charge is -2.15. The molecule has 3 amide bonds. The number of nitrogens with zero attached hydrogens (tertiary/aromatic N) is 2. The Kier molecular flexibility index (Phi) is 6.48. The number of fused-ring (bicyclic) bond motifs is 3. The van der Waals surface area contributed by atoms with Gasteiger partial charge in [0.2, 0.25) is 5.91 Å². The van der Waals surface area contributed by atoms with Crippen molar-refractivity contribution in [3.8, 4) is 5.69 Å². The molecule has 2 heterocycles. The van der Waals surface area contributed by atoms with Crippen LogP contribution in [0.15, 0.2) is 34.2 Å². The topological polar surface area (TPSA) is 93.1 Å². The van der Waals surface area contributed by atoms with E-state index in [1.807, 2.05) is 0 Å². The average molecular weight is 497 g/mol. The van der Waals surface area contributed by atoms with Crippen molar-refractivity contribution in [2.45, 2.75) is 37.0 Å². The molecule has 0 atom stereocenters.